The summed E-state index contributed by atoms with van der Waals surface area (Å²) in [4.78, 5) is 11.5. The van der Waals surface area contributed by atoms with Gasteiger partial charge in [-0.3, -0.25) is 4.79 Å². The van der Waals surface area contributed by atoms with Gasteiger partial charge in [0.05, 0.1) is 18.8 Å². The lowest BCUT2D eigenvalue weighted by molar-refractivity contribution is -0.124. The number of aliphatic hydroxyl groups is 1. The molecule has 0 heterocycles. The molecule has 0 fully saturated rings. The molecule has 0 saturated carbocycles. The summed E-state index contributed by atoms with van der Waals surface area (Å²) < 4.78 is 4.73. The van der Waals surface area contributed by atoms with Crippen molar-refractivity contribution >= 4 is 5.91 Å². The topological polar surface area (TPSA) is 84.6 Å². The Morgan fingerprint density at radius 2 is 2.20 bits per heavy atom. The van der Waals surface area contributed by atoms with E-state index >= 15 is 0 Å². The number of nitrogens with one attached hydrogen (secondary N) is 1. The first-order valence-electron chi connectivity index (χ1n) is 5.23. The summed E-state index contributed by atoms with van der Waals surface area (Å²) >= 11 is 0. The van der Waals surface area contributed by atoms with E-state index in [2.05, 4.69) is 5.32 Å². The minimum atomic E-state index is -0.678. The number of hydrogen-bond donors (Lipinski definition) is 3. The number of carbonyl (C=O) groups excluding carboxylic acids is 1. The Bertz CT molecular complexity index is 188. The molecule has 0 aromatic heterocycles. The predicted molar refractivity (Wildman–Crippen MR) is 58.3 cm³/mol. The molecule has 0 rings (SSSR count). The highest BCUT2D eigenvalue weighted by molar-refractivity contribution is 5.81. The average Bonchev–Trinajstić information content (AvgIpc) is 2.24. The van der Waals surface area contributed by atoms with Crippen LogP contribution in [0.3, 0.4) is 0 Å². The molecule has 0 aliphatic rings. The number of aliphatic hydroxyl groups excluding tert-OH is 1. The Kier molecular flexibility index (Phi) is 7.29. The molecule has 0 aliphatic heterocycles. The highest BCUT2D eigenvalue weighted by Crippen LogP contribution is 2.04. The van der Waals surface area contributed by atoms with E-state index in [0.29, 0.717) is 0 Å². The highest BCUT2D eigenvalue weighted by atomic mass is 16.5. The van der Waals surface area contributed by atoms with Crippen molar-refractivity contribution < 1.29 is 14.6 Å². The van der Waals surface area contributed by atoms with E-state index in [9.17, 15) is 9.90 Å². The zero-order chi connectivity index (χ0) is 11.8. The van der Waals surface area contributed by atoms with Gasteiger partial charge < -0.3 is 20.9 Å². The second-order valence-corrected chi connectivity index (χ2v) is 3.77. The van der Waals surface area contributed by atoms with Crippen molar-refractivity contribution in [3.63, 3.8) is 0 Å². The van der Waals surface area contributed by atoms with Crippen molar-refractivity contribution in [3.8, 4) is 0 Å². The molecule has 5 heteroatoms. The van der Waals surface area contributed by atoms with Gasteiger partial charge in [0.25, 0.3) is 0 Å². The molecular weight excluding hydrogens is 196 g/mol. The zero-order valence-corrected chi connectivity index (χ0v) is 9.69. The van der Waals surface area contributed by atoms with Crippen LogP contribution in [0.4, 0.5) is 0 Å². The molecule has 15 heavy (non-hydrogen) atoms. The average molecular weight is 218 g/mol. The Balaban J connectivity index is 3.82. The summed E-state index contributed by atoms with van der Waals surface area (Å²) in [6.07, 6.45) is 0.179. The van der Waals surface area contributed by atoms with Gasteiger partial charge in [0.2, 0.25) is 5.91 Å². The summed E-state index contributed by atoms with van der Waals surface area (Å²) in [5.41, 5.74) is 5.71. The molecular formula is C10H22N2O3. The van der Waals surface area contributed by atoms with Crippen LogP contribution in [0.15, 0.2) is 0 Å². The van der Waals surface area contributed by atoms with Crippen molar-refractivity contribution in [2.45, 2.75) is 32.4 Å². The zero-order valence-electron chi connectivity index (χ0n) is 9.69. The second kappa shape index (κ2) is 7.62. The van der Waals surface area contributed by atoms with Crippen molar-refractivity contribution in [3.05, 3.63) is 0 Å². The molecule has 0 spiro atoms. The first kappa shape index (κ1) is 14.3. The Hall–Kier alpha value is -0.650. The summed E-state index contributed by atoms with van der Waals surface area (Å²) in [7, 11) is 1.50. The first-order valence-corrected chi connectivity index (χ1v) is 5.23. The fraction of sp³-hybridized carbons (Fsp3) is 0.900. The van der Waals surface area contributed by atoms with E-state index in [1.54, 1.807) is 0 Å². The number of nitrogens with two attached hydrogens (primary N) is 1. The maximum atomic E-state index is 11.5. The number of hydrogen-bond acceptors (Lipinski definition) is 4. The molecule has 0 aromatic rings. The number of rotatable bonds is 7. The van der Waals surface area contributed by atoms with Crippen molar-refractivity contribution in [1.29, 1.82) is 0 Å². The summed E-state index contributed by atoms with van der Waals surface area (Å²) in [5.74, 6) is -0.0796. The van der Waals surface area contributed by atoms with E-state index in [-0.39, 0.29) is 25.0 Å². The lowest BCUT2D eigenvalue weighted by Gasteiger charge is -2.18. The summed E-state index contributed by atoms with van der Waals surface area (Å²) in [6.45, 7) is 4.29. The van der Waals surface area contributed by atoms with Crippen LogP contribution >= 0.6 is 0 Å². The Labute approximate surface area is 91.0 Å². The fourth-order valence-electron chi connectivity index (χ4n) is 1.10. The standard InChI is InChI=1S/C10H22N2O3/c1-4-7(2)9(11)10(14)12-5-8(13)6-15-3/h7-9,13H,4-6,11H2,1-3H3,(H,12,14)/t7?,8?,9-/m0/s1. The Morgan fingerprint density at radius 3 is 2.67 bits per heavy atom. The fourth-order valence-corrected chi connectivity index (χ4v) is 1.10. The Morgan fingerprint density at radius 1 is 1.60 bits per heavy atom. The third-order valence-corrected chi connectivity index (χ3v) is 2.43. The van der Waals surface area contributed by atoms with Gasteiger partial charge in [0.1, 0.15) is 0 Å². The molecule has 2 unspecified atom stereocenters. The van der Waals surface area contributed by atoms with Gasteiger partial charge >= 0.3 is 0 Å². The molecule has 4 N–H and O–H groups in total. The van der Waals surface area contributed by atoms with E-state index in [1.165, 1.54) is 7.11 Å². The van der Waals surface area contributed by atoms with Gasteiger partial charge in [-0.25, -0.2) is 0 Å². The van der Waals surface area contributed by atoms with Crippen LogP contribution in [0.5, 0.6) is 0 Å². The van der Waals surface area contributed by atoms with E-state index in [0.717, 1.165) is 6.42 Å². The molecule has 0 radical (unpaired) electrons. The van der Waals surface area contributed by atoms with Crippen LogP contribution in [0.2, 0.25) is 0 Å². The minimum absolute atomic E-state index is 0.143. The van der Waals surface area contributed by atoms with Crippen LogP contribution in [0.1, 0.15) is 20.3 Å². The van der Waals surface area contributed by atoms with Crippen LogP contribution in [-0.4, -0.2) is 43.4 Å². The van der Waals surface area contributed by atoms with Gasteiger partial charge in [-0.15, -0.1) is 0 Å². The molecule has 90 valence electrons. The van der Waals surface area contributed by atoms with Gasteiger partial charge in [0, 0.05) is 13.7 Å². The van der Waals surface area contributed by atoms with Crippen molar-refractivity contribution in [2.24, 2.45) is 11.7 Å². The van der Waals surface area contributed by atoms with E-state index in [4.69, 9.17) is 10.5 Å². The molecule has 1 amide bonds. The van der Waals surface area contributed by atoms with Crippen LogP contribution in [-0.2, 0) is 9.53 Å². The largest absolute Gasteiger partial charge is 0.389 e. The van der Waals surface area contributed by atoms with Crippen molar-refractivity contribution in [1.82, 2.24) is 5.32 Å². The molecule has 3 atom stereocenters. The number of methoxy groups -OCH3 is 1. The molecule has 0 aromatic carbocycles. The molecule has 0 saturated heterocycles. The smallest absolute Gasteiger partial charge is 0.237 e. The lowest BCUT2D eigenvalue weighted by Crippen LogP contribution is -2.47. The highest BCUT2D eigenvalue weighted by Gasteiger charge is 2.19. The maximum Gasteiger partial charge on any atom is 0.237 e. The van der Waals surface area contributed by atoms with Crippen LogP contribution in [0, 0.1) is 5.92 Å². The summed E-state index contributed by atoms with van der Waals surface area (Å²) in [5, 5.41) is 11.9. The van der Waals surface area contributed by atoms with Crippen LogP contribution in [0.25, 0.3) is 0 Å². The maximum absolute atomic E-state index is 11.5. The predicted octanol–water partition coefficient (Wildman–Crippen LogP) is -0.517. The van der Waals surface area contributed by atoms with Crippen molar-refractivity contribution in [2.75, 3.05) is 20.3 Å². The molecule has 0 bridgehead atoms. The van der Waals surface area contributed by atoms with Gasteiger partial charge in [-0.05, 0) is 5.92 Å². The monoisotopic (exact) mass is 218 g/mol. The first-order chi connectivity index (χ1) is 7.02. The summed E-state index contributed by atoms with van der Waals surface area (Å²) in [6, 6.07) is -0.509. The second-order valence-electron chi connectivity index (χ2n) is 3.77. The van der Waals surface area contributed by atoms with E-state index < -0.39 is 12.1 Å². The number of ether oxygens (including phenoxy) is 1. The number of amides is 1. The third-order valence-electron chi connectivity index (χ3n) is 2.43. The minimum Gasteiger partial charge on any atom is -0.389 e. The number of carbonyl (C=O) groups is 1. The van der Waals surface area contributed by atoms with E-state index in [1.807, 2.05) is 13.8 Å². The van der Waals surface area contributed by atoms with Gasteiger partial charge in [-0.1, -0.05) is 20.3 Å². The third kappa shape index (κ3) is 5.71. The SMILES string of the molecule is CCC(C)[C@H](N)C(=O)NCC(O)COC. The molecule has 0 aliphatic carbocycles. The van der Waals surface area contributed by atoms with Gasteiger partial charge in [-0.2, -0.15) is 0 Å². The van der Waals surface area contributed by atoms with Crippen LogP contribution < -0.4 is 11.1 Å². The normalized spacial score (nSPS) is 16.9. The lowest BCUT2D eigenvalue weighted by atomic mass is 9.99. The quantitative estimate of drug-likeness (QED) is 0.537. The van der Waals surface area contributed by atoms with Gasteiger partial charge in [0.15, 0.2) is 0 Å². The molecule has 5 nitrogen and oxygen atoms in total.